The van der Waals surface area contributed by atoms with Gasteiger partial charge in [-0.25, -0.2) is 0 Å². The summed E-state index contributed by atoms with van der Waals surface area (Å²) in [4.78, 5) is 27.6. The third-order valence-electron chi connectivity index (χ3n) is 3.88. The van der Waals surface area contributed by atoms with E-state index in [2.05, 4.69) is 6.92 Å². The molecule has 0 fully saturated rings. The third kappa shape index (κ3) is 3.78. The van der Waals surface area contributed by atoms with Crippen LogP contribution in [0.4, 0.5) is 5.69 Å². The lowest BCUT2D eigenvalue weighted by Gasteiger charge is -2.30. The smallest absolute Gasteiger partial charge is 0.265 e. The molecule has 1 heterocycles. The van der Waals surface area contributed by atoms with Crippen molar-refractivity contribution in [3.63, 3.8) is 0 Å². The van der Waals surface area contributed by atoms with Crippen LogP contribution in [0.2, 0.25) is 0 Å². The number of anilines is 1. The SMILES string of the molecule is CCCCN(C)C(=O)CCN1C(=O)COc2ccc(C)cc21. The molecular formula is C17H24N2O3. The molecule has 0 aliphatic carbocycles. The van der Waals surface area contributed by atoms with Gasteiger partial charge < -0.3 is 14.5 Å². The first kappa shape index (κ1) is 16.3. The van der Waals surface area contributed by atoms with E-state index in [4.69, 9.17) is 4.74 Å². The van der Waals surface area contributed by atoms with Crippen molar-refractivity contribution in [3.05, 3.63) is 23.8 Å². The van der Waals surface area contributed by atoms with Crippen LogP contribution in [-0.4, -0.2) is 43.5 Å². The van der Waals surface area contributed by atoms with Crippen LogP contribution in [0.3, 0.4) is 0 Å². The monoisotopic (exact) mass is 304 g/mol. The molecule has 5 nitrogen and oxygen atoms in total. The van der Waals surface area contributed by atoms with Crippen LogP contribution in [-0.2, 0) is 9.59 Å². The maximum absolute atomic E-state index is 12.1. The van der Waals surface area contributed by atoms with Crippen molar-refractivity contribution in [2.75, 3.05) is 31.6 Å². The van der Waals surface area contributed by atoms with Crippen molar-refractivity contribution >= 4 is 17.5 Å². The summed E-state index contributed by atoms with van der Waals surface area (Å²) < 4.78 is 5.44. The molecule has 0 saturated heterocycles. The first-order chi connectivity index (χ1) is 10.5. The van der Waals surface area contributed by atoms with E-state index in [9.17, 15) is 9.59 Å². The van der Waals surface area contributed by atoms with Crippen LogP contribution >= 0.6 is 0 Å². The van der Waals surface area contributed by atoms with Gasteiger partial charge in [-0.2, -0.15) is 0 Å². The number of unbranched alkanes of at least 4 members (excludes halogenated alkanes) is 1. The van der Waals surface area contributed by atoms with Crippen LogP contribution in [0.15, 0.2) is 18.2 Å². The predicted octanol–water partition coefficient (Wildman–Crippen LogP) is 2.37. The Labute approximate surface area is 131 Å². The maximum Gasteiger partial charge on any atom is 0.265 e. The van der Waals surface area contributed by atoms with Gasteiger partial charge in [0, 0.05) is 26.6 Å². The van der Waals surface area contributed by atoms with Gasteiger partial charge in [0.05, 0.1) is 5.69 Å². The van der Waals surface area contributed by atoms with Crippen molar-refractivity contribution in [1.29, 1.82) is 0 Å². The minimum atomic E-state index is -0.0953. The summed E-state index contributed by atoms with van der Waals surface area (Å²) in [6.07, 6.45) is 2.40. The molecule has 1 aliphatic rings. The number of nitrogens with zero attached hydrogens (tertiary/aromatic N) is 2. The molecule has 1 aromatic rings. The lowest BCUT2D eigenvalue weighted by atomic mass is 10.1. The maximum atomic E-state index is 12.1. The number of aryl methyl sites for hydroxylation is 1. The molecule has 0 radical (unpaired) electrons. The van der Waals surface area contributed by atoms with Gasteiger partial charge in [-0.1, -0.05) is 19.4 Å². The Balaban J connectivity index is 2.02. The van der Waals surface area contributed by atoms with E-state index in [1.54, 1.807) is 9.80 Å². The van der Waals surface area contributed by atoms with Crippen LogP contribution < -0.4 is 9.64 Å². The van der Waals surface area contributed by atoms with Crippen LogP contribution in [0.1, 0.15) is 31.7 Å². The largest absolute Gasteiger partial charge is 0.482 e. The minimum Gasteiger partial charge on any atom is -0.482 e. The van der Waals surface area contributed by atoms with E-state index in [1.165, 1.54) is 0 Å². The standard InChI is InChI=1S/C17H24N2O3/c1-4-5-9-18(3)16(20)8-10-19-14-11-13(2)6-7-15(14)22-12-17(19)21/h6-7,11H,4-5,8-10,12H2,1-3H3. The Morgan fingerprint density at radius 1 is 1.41 bits per heavy atom. The predicted molar refractivity (Wildman–Crippen MR) is 86.2 cm³/mol. The van der Waals surface area contributed by atoms with Crippen LogP contribution in [0.25, 0.3) is 0 Å². The van der Waals surface area contributed by atoms with Crippen molar-refractivity contribution < 1.29 is 14.3 Å². The highest BCUT2D eigenvalue weighted by Gasteiger charge is 2.26. The highest BCUT2D eigenvalue weighted by Crippen LogP contribution is 2.32. The van der Waals surface area contributed by atoms with Crippen molar-refractivity contribution in [1.82, 2.24) is 4.90 Å². The number of hydrogen-bond acceptors (Lipinski definition) is 3. The molecule has 0 saturated carbocycles. The zero-order chi connectivity index (χ0) is 16.1. The highest BCUT2D eigenvalue weighted by atomic mass is 16.5. The zero-order valence-corrected chi connectivity index (χ0v) is 13.6. The second-order valence-corrected chi connectivity index (χ2v) is 5.72. The normalized spacial score (nSPS) is 13.6. The Morgan fingerprint density at radius 2 is 2.18 bits per heavy atom. The number of amides is 2. The summed E-state index contributed by atoms with van der Waals surface area (Å²) in [5.41, 5.74) is 1.83. The number of carbonyl (C=O) groups is 2. The van der Waals surface area contributed by atoms with Crippen molar-refractivity contribution in [2.45, 2.75) is 33.1 Å². The van der Waals surface area contributed by atoms with Gasteiger partial charge in [-0.3, -0.25) is 9.59 Å². The number of ether oxygens (including phenoxy) is 1. The van der Waals surface area contributed by atoms with E-state index < -0.39 is 0 Å². The fourth-order valence-electron chi connectivity index (χ4n) is 2.48. The summed E-state index contributed by atoms with van der Waals surface area (Å²) in [6.45, 7) is 5.27. The molecule has 5 heteroatoms. The van der Waals surface area contributed by atoms with Gasteiger partial charge >= 0.3 is 0 Å². The zero-order valence-electron chi connectivity index (χ0n) is 13.6. The fourth-order valence-corrected chi connectivity index (χ4v) is 2.48. The number of hydrogen-bond donors (Lipinski definition) is 0. The molecule has 2 amide bonds. The quantitative estimate of drug-likeness (QED) is 0.810. The molecule has 1 aliphatic heterocycles. The summed E-state index contributed by atoms with van der Waals surface area (Å²) in [5.74, 6) is 0.682. The Morgan fingerprint density at radius 3 is 2.91 bits per heavy atom. The number of carbonyl (C=O) groups excluding carboxylic acids is 2. The van der Waals surface area contributed by atoms with E-state index in [1.807, 2.05) is 32.2 Å². The number of rotatable bonds is 6. The molecule has 0 atom stereocenters. The number of fused-ring (bicyclic) bond motifs is 1. The fraction of sp³-hybridized carbons (Fsp3) is 0.529. The lowest BCUT2D eigenvalue weighted by molar-refractivity contribution is -0.129. The van der Waals surface area contributed by atoms with E-state index in [0.717, 1.165) is 30.6 Å². The average Bonchev–Trinajstić information content (AvgIpc) is 2.51. The van der Waals surface area contributed by atoms with Gasteiger partial charge in [0.15, 0.2) is 6.61 Å². The van der Waals surface area contributed by atoms with Crippen LogP contribution in [0.5, 0.6) is 5.75 Å². The van der Waals surface area contributed by atoms with Crippen molar-refractivity contribution in [3.8, 4) is 5.75 Å². The topological polar surface area (TPSA) is 49.9 Å². The molecule has 0 N–H and O–H groups in total. The summed E-state index contributed by atoms with van der Waals surface area (Å²) in [5, 5.41) is 0. The molecule has 22 heavy (non-hydrogen) atoms. The van der Waals surface area contributed by atoms with Gasteiger partial charge in [-0.15, -0.1) is 0 Å². The lowest BCUT2D eigenvalue weighted by Crippen LogP contribution is -2.41. The first-order valence-electron chi connectivity index (χ1n) is 7.80. The summed E-state index contributed by atoms with van der Waals surface area (Å²) >= 11 is 0. The van der Waals surface area contributed by atoms with Gasteiger partial charge in [-0.05, 0) is 31.0 Å². The van der Waals surface area contributed by atoms with E-state index >= 15 is 0 Å². The van der Waals surface area contributed by atoms with Gasteiger partial charge in [0.25, 0.3) is 5.91 Å². The van der Waals surface area contributed by atoms with Crippen molar-refractivity contribution in [2.24, 2.45) is 0 Å². The number of benzene rings is 1. The van der Waals surface area contributed by atoms with E-state index in [-0.39, 0.29) is 18.4 Å². The molecule has 1 aromatic carbocycles. The van der Waals surface area contributed by atoms with Gasteiger partial charge in [0.1, 0.15) is 5.75 Å². The van der Waals surface area contributed by atoms with E-state index in [0.29, 0.717) is 18.7 Å². The Hall–Kier alpha value is -2.04. The van der Waals surface area contributed by atoms with Crippen LogP contribution in [0, 0.1) is 6.92 Å². The molecule has 0 unspecified atom stereocenters. The minimum absolute atomic E-state index is 0.0376. The molecule has 120 valence electrons. The second-order valence-electron chi connectivity index (χ2n) is 5.72. The molecule has 0 bridgehead atoms. The highest BCUT2D eigenvalue weighted by molar-refractivity contribution is 5.98. The molecular weight excluding hydrogens is 280 g/mol. The first-order valence-corrected chi connectivity index (χ1v) is 7.80. The third-order valence-corrected chi connectivity index (χ3v) is 3.88. The molecule has 0 spiro atoms. The Kier molecular flexibility index (Phi) is 5.41. The second kappa shape index (κ2) is 7.29. The summed E-state index contributed by atoms with van der Waals surface area (Å²) in [7, 11) is 1.82. The van der Waals surface area contributed by atoms with Gasteiger partial charge in [0.2, 0.25) is 5.91 Å². The molecule has 2 rings (SSSR count). The summed E-state index contributed by atoms with van der Waals surface area (Å²) in [6, 6.07) is 5.76. The molecule has 0 aromatic heterocycles. The Bertz CT molecular complexity index is 557. The average molecular weight is 304 g/mol.